The zero-order valence-electron chi connectivity index (χ0n) is 13.2. The summed E-state index contributed by atoms with van der Waals surface area (Å²) in [6, 6.07) is 0.499. The van der Waals surface area contributed by atoms with Crippen LogP contribution in [0.3, 0.4) is 0 Å². The number of carbonyl (C=O) groups is 1. The van der Waals surface area contributed by atoms with Crippen LogP contribution < -0.4 is 4.90 Å². The molecule has 5 nitrogen and oxygen atoms in total. The van der Waals surface area contributed by atoms with Crippen molar-refractivity contribution in [2.24, 2.45) is 0 Å². The van der Waals surface area contributed by atoms with Gasteiger partial charge in [-0.25, -0.2) is 4.98 Å². The van der Waals surface area contributed by atoms with Crippen molar-refractivity contribution in [3.63, 3.8) is 0 Å². The summed E-state index contributed by atoms with van der Waals surface area (Å²) in [4.78, 5) is 21.0. The maximum absolute atomic E-state index is 11.5. The van der Waals surface area contributed by atoms with Crippen molar-refractivity contribution in [3.8, 4) is 0 Å². The fourth-order valence-electron chi connectivity index (χ4n) is 2.71. The standard InChI is InChI=1S/C15H25N3O2S/c1-4-13-10-17(3)7-6-8-18(13)15-16-12(11-21-15)9-14(19)20-5-2/h11,13H,4-10H2,1-3H3. The number of esters is 1. The molecular weight excluding hydrogens is 286 g/mol. The van der Waals surface area contributed by atoms with Crippen LogP contribution in [0.4, 0.5) is 5.13 Å². The third-order valence-corrected chi connectivity index (χ3v) is 4.72. The van der Waals surface area contributed by atoms with Crippen LogP contribution in [0.5, 0.6) is 0 Å². The van der Waals surface area contributed by atoms with E-state index >= 15 is 0 Å². The van der Waals surface area contributed by atoms with Crippen LogP contribution in [0.25, 0.3) is 0 Å². The lowest BCUT2D eigenvalue weighted by Gasteiger charge is -2.29. The summed E-state index contributed by atoms with van der Waals surface area (Å²) in [7, 11) is 2.18. The van der Waals surface area contributed by atoms with E-state index in [-0.39, 0.29) is 12.4 Å². The van der Waals surface area contributed by atoms with E-state index in [9.17, 15) is 4.79 Å². The summed E-state index contributed by atoms with van der Waals surface area (Å²) in [6.07, 6.45) is 2.53. The average Bonchev–Trinajstić information content (AvgIpc) is 2.81. The minimum Gasteiger partial charge on any atom is -0.466 e. The average molecular weight is 311 g/mol. The highest BCUT2D eigenvalue weighted by Gasteiger charge is 2.24. The Morgan fingerprint density at radius 1 is 1.48 bits per heavy atom. The molecule has 0 bridgehead atoms. The molecule has 2 rings (SSSR count). The van der Waals surface area contributed by atoms with Gasteiger partial charge in [0.15, 0.2) is 5.13 Å². The van der Waals surface area contributed by atoms with Gasteiger partial charge in [-0.05, 0) is 33.4 Å². The summed E-state index contributed by atoms with van der Waals surface area (Å²) in [5.74, 6) is -0.197. The maximum atomic E-state index is 11.5. The summed E-state index contributed by atoms with van der Waals surface area (Å²) < 4.78 is 4.98. The molecule has 1 unspecified atom stereocenters. The number of likely N-dealkylation sites (N-methyl/N-ethyl adjacent to an activating group) is 1. The minimum atomic E-state index is -0.197. The van der Waals surface area contributed by atoms with Crippen LogP contribution in [0, 0.1) is 0 Å². The Bertz CT molecular complexity index is 464. The van der Waals surface area contributed by atoms with Gasteiger partial charge in [-0.15, -0.1) is 11.3 Å². The predicted octanol–water partition coefficient (Wildman–Crippen LogP) is 2.17. The highest BCUT2D eigenvalue weighted by Crippen LogP contribution is 2.26. The molecule has 0 aromatic carbocycles. The quantitative estimate of drug-likeness (QED) is 0.780. The third-order valence-electron chi connectivity index (χ3n) is 3.79. The van der Waals surface area contributed by atoms with Gasteiger partial charge >= 0.3 is 5.97 Å². The molecule has 1 fully saturated rings. The van der Waals surface area contributed by atoms with Crippen molar-refractivity contribution < 1.29 is 9.53 Å². The van der Waals surface area contributed by atoms with Crippen molar-refractivity contribution in [2.75, 3.05) is 38.2 Å². The highest BCUT2D eigenvalue weighted by atomic mass is 32.1. The number of hydrogen-bond acceptors (Lipinski definition) is 6. The first-order chi connectivity index (χ1) is 10.1. The first-order valence-electron chi connectivity index (χ1n) is 7.69. The van der Waals surface area contributed by atoms with E-state index in [1.807, 2.05) is 12.3 Å². The lowest BCUT2D eigenvalue weighted by Crippen LogP contribution is -2.39. The largest absolute Gasteiger partial charge is 0.466 e. The molecule has 0 radical (unpaired) electrons. The molecule has 0 spiro atoms. The molecule has 2 heterocycles. The fraction of sp³-hybridized carbons (Fsp3) is 0.733. The summed E-state index contributed by atoms with van der Waals surface area (Å²) in [5.41, 5.74) is 0.820. The Morgan fingerprint density at radius 2 is 2.29 bits per heavy atom. The molecule has 1 aliphatic rings. The molecule has 1 saturated heterocycles. The molecule has 1 aliphatic heterocycles. The first kappa shape index (κ1) is 16.2. The van der Waals surface area contributed by atoms with Gasteiger partial charge in [-0.1, -0.05) is 6.92 Å². The Kier molecular flexibility index (Phi) is 5.99. The van der Waals surface area contributed by atoms with Gasteiger partial charge in [0, 0.05) is 24.5 Å². The van der Waals surface area contributed by atoms with E-state index in [1.54, 1.807) is 11.3 Å². The molecule has 118 valence electrons. The number of aromatic nitrogens is 1. The second-order valence-electron chi connectivity index (χ2n) is 5.47. The van der Waals surface area contributed by atoms with E-state index in [0.717, 1.165) is 43.3 Å². The number of hydrogen-bond donors (Lipinski definition) is 0. The van der Waals surface area contributed by atoms with Gasteiger partial charge in [0.25, 0.3) is 0 Å². The molecule has 1 aromatic rings. The van der Waals surface area contributed by atoms with Crippen LogP contribution in [0.15, 0.2) is 5.38 Å². The molecule has 0 amide bonds. The number of nitrogens with zero attached hydrogens (tertiary/aromatic N) is 3. The van der Waals surface area contributed by atoms with Gasteiger partial charge in [0.2, 0.25) is 0 Å². The van der Waals surface area contributed by atoms with Gasteiger partial charge in [0.05, 0.1) is 18.7 Å². The Morgan fingerprint density at radius 3 is 3.00 bits per heavy atom. The van der Waals surface area contributed by atoms with Gasteiger partial charge in [-0.3, -0.25) is 4.79 Å². The molecule has 6 heteroatoms. The highest BCUT2D eigenvalue weighted by molar-refractivity contribution is 7.13. The number of rotatable bonds is 5. The van der Waals surface area contributed by atoms with Crippen LogP contribution in [-0.2, 0) is 16.0 Å². The molecule has 1 aromatic heterocycles. The molecule has 21 heavy (non-hydrogen) atoms. The van der Waals surface area contributed by atoms with Gasteiger partial charge in [-0.2, -0.15) is 0 Å². The third kappa shape index (κ3) is 4.41. The van der Waals surface area contributed by atoms with E-state index < -0.39 is 0 Å². The number of thiazole rings is 1. The van der Waals surface area contributed by atoms with E-state index in [4.69, 9.17) is 4.74 Å². The van der Waals surface area contributed by atoms with Crippen molar-refractivity contribution in [1.29, 1.82) is 0 Å². The van der Waals surface area contributed by atoms with Crippen LogP contribution in [0.1, 0.15) is 32.4 Å². The first-order valence-corrected chi connectivity index (χ1v) is 8.57. The van der Waals surface area contributed by atoms with E-state index in [1.165, 1.54) is 0 Å². The SMILES string of the molecule is CCOC(=O)Cc1csc(N2CCCN(C)CC2CC)n1. The Labute approximate surface area is 130 Å². The zero-order chi connectivity index (χ0) is 15.2. The molecule has 0 N–H and O–H groups in total. The van der Waals surface area contributed by atoms with Crippen molar-refractivity contribution in [1.82, 2.24) is 9.88 Å². The van der Waals surface area contributed by atoms with Crippen molar-refractivity contribution in [2.45, 2.75) is 39.2 Å². The smallest absolute Gasteiger partial charge is 0.311 e. The minimum absolute atomic E-state index is 0.197. The van der Waals surface area contributed by atoms with Crippen LogP contribution in [0.2, 0.25) is 0 Å². The second kappa shape index (κ2) is 7.75. The van der Waals surface area contributed by atoms with Gasteiger partial charge in [0.1, 0.15) is 0 Å². The normalized spacial score (nSPS) is 20.3. The molecule has 0 saturated carbocycles. The molecule has 0 aliphatic carbocycles. The van der Waals surface area contributed by atoms with Crippen molar-refractivity contribution >= 4 is 22.4 Å². The van der Waals surface area contributed by atoms with E-state index in [2.05, 4.69) is 28.8 Å². The van der Waals surface area contributed by atoms with Crippen LogP contribution in [-0.4, -0.2) is 55.2 Å². The molecule has 1 atom stereocenters. The Hall–Kier alpha value is -1.14. The monoisotopic (exact) mass is 311 g/mol. The fourth-order valence-corrected chi connectivity index (χ4v) is 3.64. The number of ether oxygens (including phenoxy) is 1. The Balaban J connectivity index is 2.06. The summed E-state index contributed by atoms with van der Waals surface area (Å²) in [6.45, 7) is 7.71. The maximum Gasteiger partial charge on any atom is 0.311 e. The zero-order valence-corrected chi connectivity index (χ0v) is 14.0. The van der Waals surface area contributed by atoms with Crippen LogP contribution >= 0.6 is 11.3 Å². The second-order valence-corrected chi connectivity index (χ2v) is 6.31. The topological polar surface area (TPSA) is 45.7 Å². The van der Waals surface area contributed by atoms with Crippen molar-refractivity contribution in [3.05, 3.63) is 11.1 Å². The lowest BCUT2D eigenvalue weighted by atomic mass is 10.2. The summed E-state index contributed by atoms with van der Waals surface area (Å²) in [5, 5.41) is 3.02. The van der Waals surface area contributed by atoms with Gasteiger partial charge < -0.3 is 14.5 Å². The van der Waals surface area contributed by atoms with E-state index in [0.29, 0.717) is 12.6 Å². The lowest BCUT2D eigenvalue weighted by molar-refractivity contribution is -0.142. The predicted molar refractivity (Wildman–Crippen MR) is 86.0 cm³/mol. The number of carbonyl (C=O) groups excluding carboxylic acids is 1. The molecular formula is C15H25N3O2S. The number of anilines is 1. The summed E-state index contributed by atoms with van der Waals surface area (Å²) >= 11 is 1.63.